The molecule has 7 heteroatoms. The summed E-state index contributed by atoms with van der Waals surface area (Å²) < 4.78 is 1.71. The Hall–Kier alpha value is -2.60. The maximum atomic E-state index is 12.8. The van der Waals surface area contributed by atoms with Crippen LogP contribution in [-0.4, -0.2) is 37.3 Å². The number of aromatic nitrogens is 4. The van der Waals surface area contributed by atoms with Crippen molar-refractivity contribution in [2.24, 2.45) is 0 Å². The van der Waals surface area contributed by atoms with Crippen molar-refractivity contribution in [2.45, 2.75) is 19.9 Å². The summed E-state index contributed by atoms with van der Waals surface area (Å²) in [6, 6.07) is 9.26. The van der Waals surface area contributed by atoms with Gasteiger partial charge < -0.3 is 4.90 Å². The van der Waals surface area contributed by atoms with Gasteiger partial charge in [0, 0.05) is 36.5 Å². The molecule has 0 saturated carbocycles. The van der Waals surface area contributed by atoms with E-state index < -0.39 is 0 Å². The van der Waals surface area contributed by atoms with Crippen molar-refractivity contribution in [3.8, 4) is 5.69 Å². The number of nitrogens with zero attached hydrogens (tertiary/aromatic N) is 4. The topological polar surface area (TPSA) is 66.8 Å². The highest BCUT2D eigenvalue weighted by Gasteiger charge is 2.25. The van der Waals surface area contributed by atoms with Gasteiger partial charge in [0.25, 0.3) is 5.91 Å². The first-order valence-corrected chi connectivity index (χ1v) is 8.13. The molecule has 4 rings (SSSR count). The van der Waals surface area contributed by atoms with Crippen LogP contribution in [0.1, 0.15) is 27.4 Å². The zero-order valence-corrected chi connectivity index (χ0v) is 13.9. The molecule has 3 heterocycles. The van der Waals surface area contributed by atoms with E-state index in [1.165, 1.54) is 0 Å². The molecule has 3 aromatic rings. The third kappa shape index (κ3) is 2.49. The van der Waals surface area contributed by atoms with Crippen LogP contribution in [0, 0.1) is 6.92 Å². The van der Waals surface area contributed by atoms with E-state index in [4.69, 9.17) is 11.6 Å². The summed E-state index contributed by atoms with van der Waals surface area (Å²) in [5.74, 6) is -0.0734. The van der Waals surface area contributed by atoms with Gasteiger partial charge in [-0.05, 0) is 25.1 Å². The zero-order valence-electron chi connectivity index (χ0n) is 13.2. The van der Waals surface area contributed by atoms with E-state index in [0.717, 1.165) is 29.1 Å². The Morgan fingerprint density at radius 3 is 3.00 bits per heavy atom. The molecule has 122 valence electrons. The Morgan fingerprint density at radius 2 is 2.17 bits per heavy atom. The molecule has 1 N–H and O–H groups in total. The molecule has 0 bridgehead atoms. The molecule has 6 nitrogen and oxygen atoms in total. The van der Waals surface area contributed by atoms with E-state index in [1.54, 1.807) is 21.8 Å². The molecule has 2 aromatic heterocycles. The first kappa shape index (κ1) is 15.0. The fraction of sp³-hybridized carbons (Fsp3) is 0.235. The van der Waals surface area contributed by atoms with Crippen LogP contribution in [0.3, 0.4) is 0 Å². The Kier molecular flexibility index (Phi) is 3.61. The van der Waals surface area contributed by atoms with Gasteiger partial charge in [0.1, 0.15) is 0 Å². The number of para-hydroxylation sites is 1. The largest absolute Gasteiger partial charge is 0.332 e. The number of rotatable bonds is 2. The molecular weight excluding hydrogens is 326 g/mol. The molecule has 0 unspecified atom stereocenters. The number of carbonyl (C=O) groups is 1. The van der Waals surface area contributed by atoms with E-state index in [1.807, 2.05) is 31.2 Å². The summed E-state index contributed by atoms with van der Waals surface area (Å²) in [7, 11) is 0. The lowest BCUT2D eigenvalue weighted by molar-refractivity contribution is 0.0728. The van der Waals surface area contributed by atoms with Crippen LogP contribution in [0.2, 0.25) is 5.02 Å². The number of fused-ring (bicyclic) bond motifs is 1. The highest BCUT2D eigenvalue weighted by Crippen LogP contribution is 2.23. The molecule has 0 spiro atoms. The minimum Gasteiger partial charge on any atom is -0.332 e. The van der Waals surface area contributed by atoms with Gasteiger partial charge in [-0.2, -0.15) is 10.2 Å². The van der Waals surface area contributed by atoms with Gasteiger partial charge in [-0.3, -0.25) is 9.89 Å². The third-order valence-corrected chi connectivity index (χ3v) is 4.59. The third-order valence-electron chi connectivity index (χ3n) is 4.27. The predicted molar refractivity (Wildman–Crippen MR) is 90.3 cm³/mol. The summed E-state index contributed by atoms with van der Waals surface area (Å²) in [5.41, 5.74) is 4.24. The van der Waals surface area contributed by atoms with Crippen LogP contribution in [0.25, 0.3) is 5.69 Å². The van der Waals surface area contributed by atoms with Gasteiger partial charge in [0.2, 0.25) is 0 Å². The summed E-state index contributed by atoms with van der Waals surface area (Å²) in [4.78, 5) is 14.6. The number of hydrogen-bond acceptors (Lipinski definition) is 3. The van der Waals surface area contributed by atoms with Crippen molar-refractivity contribution in [1.29, 1.82) is 0 Å². The smallest absolute Gasteiger partial charge is 0.274 e. The number of aromatic amines is 1. The molecule has 24 heavy (non-hydrogen) atoms. The second kappa shape index (κ2) is 5.79. The summed E-state index contributed by atoms with van der Waals surface area (Å²) in [6.07, 6.45) is 2.56. The molecular formula is C17H16ClN5O. The summed E-state index contributed by atoms with van der Waals surface area (Å²) in [6.45, 7) is 3.13. The standard InChI is InChI=1S/C17H16ClN5O/c1-11-8-15(21-23(11)16-5-3-2-4-13(16)18)17(24)22-7-6-14-12(10-22)9-19-20-14/h2-5,8-9H,6-7,10H2,1H3,(H,19,20). The highest BCUT2D eigenvalue weighted by atomic mass is 35.5. The van der Waals surface area contributed by atoms with Crippen molar-refractivity contribution in [3.05, 3.63) is 64.2 Å². The van der Waals surface area contributed by atoms with E-state index >= 15 is 0 Å². The van der Waals surface area contributed by atoms with Crippen molar-refractivity contribution in [3.63, 3.8) is 0 Å². The van der Waals surface area contributed by atoms with Gasteiger partial charge >= 0.3 is 0 Å². The van der Waals surface area contributed by atoms with E-state index in [9.17, 15) is 4.79 Å². The summed E-state index contributed by atoms with van der Waals surface area (Å²) >= 11 is 6.25. The van der Waals surface area contributed by atoms with Crippen LogP contribution >= 0.6 is 11.6 Å². The molecule has 1 aromatic carbocycles. The van der Waals surface area contributed by atoms with Crippen LogP contribution in [0.4, 0.5) is 0 Å². The molecule has 1 amide bonds. The predicted octanol–water partition coefficient (Wildman–Crippen LogP) is 2.76. The number of hydrogen-bond donors (Lipinski definition) is 1. The van der Waals surface area contributed by atoms with Gasteiger partial charge in [-0.25, -0.2) is 4.68 Å². The molecule has 0 saturated heterocycles. The number of H-pyrrole nitrogens is 1. The van der Waals surface area contributed by atoms with Crippen molar-refractivity contribution >= 4 is 17.5 Å². The number of carbonyl (C=O) groups excluding carboxylic acids is 1. The maximum absolute atomic E-state index is 12.8. The fourth-order valence-electron chi connectivity index (χ4n) is 3.00. The van der Waals surface area contributed by atoms with Crippen LogP contribution in [0.15, 0.2) is 36.5 Å². The number of benzene rings is 1. The van der Waals surface area contributed by atoms with Crippen LogP contribution in [-0.2, 0) is 13.0 Å². The minimum atomic E-state index is -0.0734. The SMILES string of the molecule is Cc1cc(C(=O)N2CCc3[nH]ncc3C2)nn1-c1ccccc1Cl. The molecule has 0 aliphatic carbocycles. The van der Waals surface area contributed by atoms with Crippen LogP contribution in [0.5, 0.6) is 0 Å². The first-order valence-electron chi connectivity index (χ1n) is 7.75. The lowest BCUT2D eigenvalue weighted by Crippen LogP contribution is -2.36. The second-order valence-corrected chi connectivity index (χ2v) is 6.29. The van der Waals surface area contributed by atoms with Crippen LogP contribution < -0.4 is 0 Å². The molecule has 0 atom stereocenters. The lowest BCUT2D eigenvalue weighted by atomic mass is 10.1. The number of nitrogens with one attached hydrogen (secondary N) is 1. The Bertz CT molecular complexity index is 913. The minimum absolute atomic E-state index is 0.0734. The molecule has 1 aliphatic rings. The molecule has 1 aliphatic heterocycles. The Labute approximate surface area is 144 Å². The molecule has 0 fully saturated rings. The lowest BCUT2D eigenvalue weighted by Gasteiger charge is -2.25. The van der Waals surface area contributed by atoms with E-state index in [-0.39, 0.29) is 5.91 Å². The number of amides is 1. The van der Waals surface area contributed by atoms with Crippen molar-refractivity contribution < 1.29 is 4.79 Å². The quantitative estimate of drug-likeness (QED) is 0.779. The monoisotopic (exact) mass is 341 g/mol. The van der Waals surface area contributed by atoms with Gasteiger partial charge in [0.05, 0.1) is 16.9 Å². The second-order valence-electron chi connectivity index (χ2n) is 5.88. The Morgan fingerprint density at radius 1 is 1.33 bits per heavy atom. The van der Waals surface area contributed by atoms with Gasteiger partial charge in [-0.15, -0.1) is 0 Å². The first-order chi connectivity index (χ1) is 11.6. The van der Waals surface area contributed by atoms with Crippen molar-refractivity contribution in [1.82, 2.24) is 24.9 Å². The van der Waals surface area contributed by atoms with E-state index in [0.29, 0.717) is 23.8 Å². The Balaban J connectivity index is 1.63. The number of halogens is 1. The molecule has 0 radical (unpaired) electrons. The average molecular weight is 342 g/mol. The van der Waals surface area contributed by atoms with Gasteiger partial charge in [0.15, 0.2) is 5.69 Å². The zero-order chi connectivity index (χ0) is 16.7. The maximum Gasteiger partial charge on any atom is 0.274 e. The fourth-order valence-corrected chi connectivity index (χ4v) is 3.22. The van der Waals surface area contributed by atoms with Gasteiger partial charge in [-0.1, -0.05) is 23.7 Å². The number of aryl methyl sites for hydroxylation is 1. The summed E-state index contributed by atoms with van der Waals surface area (Å²) in [5, 5.41) is 12.1. The highest BCUT2D eigenvalue weighted by molar-refractivity contribution is 6.32. The van der Waals surface area contributed by atoms with Crippen molar-refractivity contribution in [2.75, 3.05) is 6.54 Å². The van der Waals surface area contributed by atoms with E-state index in [2.05, 4.69) is 15.3 Å². The average Bonchev–Trinajstić information content (AvgIpc) is 3.20. The normalized spacial score (nSPS) is 13.8.